The van der Waals surface area contributed by atoms with Crippen molar-refractivity contribution < 1.29 is 23.9 Å². The van der Waals surface area contributed by atoms with Crippen molar-refractivity contribution in [3.8, 4) is 0 Å². The number of carbonyl (C=O) groups is 4. The Kier molecular flexibility index (Phi) is 5.38. The predicted molar refractivity (Wildman–Crippen MR) is 106 cm³/mol. The van der Waals surface area contributed by atoms with Gasteiger partial charge < -0.3 is 15.0 Å². The molecule has 0 bridgehead atoms. The number of amides is 3. The summed E-state index contributed by atoms with van der Waals surface area (Å²) in [6, 6.07) is 6.92. The van der Waals surface area contributed by atoms with Gasteiger partial charge in [-0.05, 0) is 38.8 Å². The SMILES string of the molecule is CCCC(C)(NC(=O)CN1C(=O)c2ccccc2N2C(=O)CCC12C)C(=O)OC. The minimum absolute atomic E-state index is 0.0803. The van der Waals surface area contributed by atoms with Crippen molar-refractivity contribution in [3.05, 3.63) is 29.8 Å². The molecule has 1 saturated heterocycles. The fraction of sp³-hybridized carbons (Fsp3) is 0.524. The molecule has 3 rings (SSSR count). The number of benzene rings is 1. The molecule has 0 aliphatic carbocycles. The molecule has 3 amide bonds. The molecule has 1 fully saturated rings. The van der Waals surface area contributed by atoms with Gasteiger partial charge in [0.1, 0.15) is 17.7 Å². The van der Waals surface area contributed by atoms with E-state index in [0.29, 0.717) is 36.9 Å². The van der Waals surface area contributed by atoms with Crippen LogP contribution in [0.25, 0.3) is 0 Å². The molecule has 8 heteroatoms. The smallest absolute Gasteiger partial charge is 0.331 e. The first-order chi connectivity index (χ1) is 13.7. The van der Waals surface area contributed by atoms with Crippen LogP contribution in [0.15, 0.2) is 24.3 Å². The van der Waals surface area contributed by atoms with Gasteiger partial charge in [0.15, 0.2) is 0 Å². The van der Waals surface area contributed by atoms with Crippen LogP contribution in [-0.4, -0.2) is 53.4 Å². The minimum Gasteiger partial charge on any atom is -0.467 e. The van der Waals surface area contributed by atoms with Crippen LogP contribution in [0, 0.1) is 0 Å². The molecule has 1 aromatic rings. The molecular weight excluding hydrogens is 374 g/mol. The number of carbonyl (C=O) groups excluding carboxylic acids is 4. The maximum Gasteiger partial charge on any atom is 0.331 e. The Bertz CT molecular complexity index is 870. The highest BCUT2D eigenvalue weighted by Crippen LogP contribution is 2.43. The molecule has 0 radical (unpaired) electrons. The van der Waals surface area contributed by atoms with Crippen molar-refractivity contribution in [2.75, 3.05) is 18.6 Å². The minimum atomic E-state index is -1.18. The number of ether oxygens (including phenoxy) is 1. The highest BCUT2D eigenvalue weighted by Gasteiger charge is 2.53. The van der Waals surface area contributed by atoms with Gasteiger partial charge in [-0.1, -0.05) is 25.5 Å². The standard InChI is InChI=1S/C21H27N3O5/c1-5-11-20(2,19(28)29-4)22-16(25)13-23-18(27)14-8-6-7-9-15(14)24-17(26)10-12-21(23,24)3/h6-9H,5,10-13H2,1-4H3,(H,22,25). The van der Waals surface area contributed by atoms with Crippen LogP contribution < -0.4 is 10.2 Å². The molecule has 2 atom stereocenters. The summed E-state index contributed by atoms with van der Waals surface area (Å²) >= 11 is 0. The molecule has 2 unspecified atom stereocenters. The average Bonchev–Trinajstić information content (AvgIpc) is 3.00. The lowest BCUT2D eigenvalue weighted by Crippen LogP contribution is -2.65. The van der Waals surface area contributed by atoms with Gasteiger partial charge in [0.25, 0.3) is 5.91 Å². The van der Waals surface area contributed by atoms with E-state index < -0.39 is 23.1 Å². The van der Waals surface area contributed by atoms with Crippen molar-refractivity contribution in [2.45, 2.75) is 57.7 Å². The van der Waals surface area contributed by atoms with Gasteiger partial charge in [0.05, 0.1) is 18.4 Å². The largest absolute Gasteiger partial charge is 0.467 e. The van der Waals surface area contributed by atoms with Gasteiger partial charge in [-0.15, -0.1) is 0 Å². The van der Waals surface area contributed by atoms with Crippen LogP contribution in [0.1, 0.15) is 56.8 Å². The molecule has 0 spiro atoms. The number of hydrogen-bond acceptors (Lipinski definition) is 5. The number of esters is 1. The Morgan fingerprint density at radius 2 is 1.97 bits per heavy atom. The molecule has 2 aliphatic rings. The third kappa shape index (κ3) is 3.36. The van der Waals surface area contributed by atoms with Crippen LogP contribution in [0.5, 0.6) is 0 Å². The van der Waals surface area contributed by atoms with Crippen molar-refractivity contribution in [1.29, 1.82) is 0 Å². The van der Waals surface area contributed by atoms with Gasteiger partial charge in [-0.25, -0.2) is 4.79 Å². The van der Waals surface area contributed by atoms with Crippen LogP contribution in [0.3, 0.4) is 0 Å². The van der Waals surface area contributed by atoms with Crippen LogP contribution >= 0.6 is 0 Å². The third-order valence-electron chi connectivity index (χ3n) is 5.85. The Morgan fingerprint density at radius 1 is 1.28 bits per heavy atom. The molecule has 0 aromatic heterocycles. The number of methoxy groups -OCH3 is 1. The molecule has 0 saturated carbocycles. The van der Waals surface area contributed by atoms with Crippen LogP contribution in [0.4, 0.5) is 5.69 Å². The average molecular weight is 401 g/mol. The zero-order chi connectivity index (χ0) is 21.4. The molecule has 8 nitrogen and oxygen atoms in total. The monoisotopic (exact) mass is 401 g/mol. The summed E-state index contributed by atoms with van der Waals surface area (Å²) in [5.41, 5.74) is -1.14. The lowest BCUT2D eigenvalue weighted by molar-refractivity contribution is -0.150. The van der Waals surface area contributed by atoms with E-state index in [1.807, 2.05) is 6.92 Å². The van der Waals surface area contributed by atoms with Gasteiger partial charge in [0.2, 0.25) is 11.8 Å². The van der Waals surface area contributed by atoms with E-state index in [1.54, 1.807) is 43.0 Å². The van der Waals surface area contributed by atoms with Crippen LogP contribution in [-0.2, 0) is 19.1 Å². The first-order valence-corrected chi connectivity index (χ1v) is 9.81. The van der Waals surface area contributed by atoms with Crippen molar-refractivity contribution in [1.82, 2.24) is 10.2 Å². The number of nitrogens with one attached hydrogen (secondary N) is 1. The fourth-order valence-corrected chi connectivity index (χ4v) is 4.37. The van der Waals surface area contributed by atoms with Crippen LogP contribution in [0.2, 0.25) is 0 Å². The van der Waals surface area contributed by atoms with Gasteiger partial charge in [0, 0.05) is 6.42 Å². The molecule has 156 valence electrons. The maximum atomic E-state index is 13.2. The van der Waals surface area contributed by atoms with Gasteiger partial charge >= 0.3 is 5.97 Å². The van der Waals surface area contributed by atoms with Crippen molar-refractivity contribution in [2.24, 2.45) is 0 Å². The molecule has 29 heavy (non-hydrogen) atoms. The van der Waals surface area contributed by atoms with Crippen molar-refractivity contribution >= 4 is 29.4 Å². The zero-order valence-electron chi connectivity index (χ0n) is 17.3. The number of nitrogens with zero attached hydrogens (tertiary/aromatic N) is 2. The summed E-state index contributed by atoms with van der Waals surface area (Å²) in [6.45, 7) is 5.05. The molecule has 1 aromatic carbocycles. The fourth-order valence-electron chi connectivity index (χ4n) is 4.37. The zero-order valence-corrected chi connectivity index (χ0v) is 17.3. The first kappa shape index (κ1) is 20.8. The van der Waals surface area contributed by atoms with E-state index in [0.717, 1.165) is 0 Å². The number of rotatable bonds is 6. The van der Waals surface area contributed by atoms with Gasteiger partial charge in [-0.2, -0.15) is 0 Å². The topological polar surface area (TPSA) is 96.0 Å². The van der Waals surface area contributed by atoms with E-state index in [4.69, 9.17) is 4.74 Å². The summed E-state index contributed by atoms with van der Waals surface area (Å²) in [7, 11) is 1.27. The number of para-hydroxylation sites is 1. The first-order valence-electron chi connectivity index (χ1n) is 9.81. The summed E-state index contributed by atoms with van der Waals surface area (Å²) in [5.74, 6) is -1.39. The number of fused-ring (bicyclic) bond motifs is 3. The van der Waals surface area contributed by atoms with E-state index >= 15 is 0 Å². The Labute approximate surface area is 170 Å². The lowest BCUT2D eigenvalue weighted by Gasteiger charge is -2.48. The highest BCUT2D eigenvalue weighted by molar-refractivity contribution is 6.11. The molecule has 2 heterocycles. The highest BCUT2D eigenvalue weighted by atomic mass is 16.5. The summed E-state index contributed by atoms with van der Waals surface area (Å²) in [5, 5.41) is 2.73. The second kappa shape index (κ2) is 7.50. The number of hydrogen-bond donors (Lipinski definition) is 1. The maximum absolute atomic E-state index is 13.2. The van der Waals surface area contributed by atoms with Gasteiger partial charge in [-0.3, -0.25) is 19.3 Å². The Hall–Kier alpha value is -2.90. The Morgan fingerprint density at radius 3 is 2.62 bits per heavy atom. The number of anilines is 1. The molecular formula is C21H27N3O5. The van der Waals surface area contributed by atoms with Crippen molar-refractivity contribution in [3.63, 3.8) is 0 Å². The van der Waals surface area contributed by atoms with E-state index in [9.17, 15) is 19.2 Å². The predicted octanol–water partition coefficient (Wildman–Crippen LogP) is 1.83. The Balaban J connectivity index is 1.90. The van der Waals surface area contributed by atoms with E-state index in [1.165, 1.54) is 12.0 Å². The quantitative estimate of drug-likeness (QED) is 0.734. The lowest BCUT2D eigenvalue weighted by atomic mass is 9.95. The summed E-state index contributed by atoms with van der Waals surface area (Å²) in [6.07, 6.45) is 1.81. The van der Waals surface area contributed by atoms with E-state index in [2.05, 4.69) is 5.32 Å². The summed E-state index contributed by atoms with van der Waals surface area (Å²) < 4.78 is 4.84. The second-order valence-electron chi connectivity index (χ2n) is 7.98. The van der Waals surface area contributed by atoms with E-state index in [-0.39, 0.29) is 18.4 Å². The molecule has 2 aliphatic heterocycles. The molecule has 1 N–H and O–H groups in total. The third-order valence-corrected chi connectivity index (χ3v) is 5.85. The second-order valence-corrected chi connectivity index (χ2v) is 7.98. The normalized spacial score (nSPS) is 22.6. The summed E-state index contributed by atoms with van der Waals surface area (Å²) in [4.78, 5) is 53.9.